The highest BCUT2D eigenvalue weighted by molar-refractivity contribution is 9.10. The number of benzene rings is 1. The third-order valence-electron chi connectivity index (χ3n) is 2.37. The second kappa shape index (κ2) is 5.73. The van der Waals surface area contributed by atoms with Gasteiger partial charge in [-0.2, -0.15) is 13.2 Å². The third-order valence-corrected chi connectivity index (χ3v) is 4.34. The minimum atomic E-state index is -4.34. The Labute approximate surface area is 125 Å². The number of hydrogen-bond donors (Lipinski definition) is 1. The first-order valence-electron chi connectivity index (χ1n) is 5.20. The first kappa shape index (κ1) is 14.7. The van der Waals surface area contributed by atoms with E-state index in [1.807, 2.05) is 0 Å². The zero-order chi connectivity index (χ0) is 14.0. The predicted octanol–water partition coefficient (Wildman–Crippen LogP) is 5.79. The van der Waals surface area contributed by atoms with Gasteiger partial charge < -0.3 is 5.32 Å². The Hall–Kier alpha value is -0.720. The van der Waals surface area contributed by atoms with Crippen LogP contribution in [0.2, 0.25) is 5.02 Å². The molecule has 0 radical (unpaired) electrons. The molecule has 0 spiro atoms. The monoisotopic (exact) mass is 369 g/mol. The number of hydrogen-bond acceptors (Lipinski definition) is 2. The lowest BCUT2D eigenvalue weighted by atomic mass is 10.2. The molecule has 102 valence electrons. The normalized spacial score (nSPS) is 11.6. The third kappa shape index (κ3) is 3.87. The first-order chi connectivity index (χ1) is 8.86. The van der Waals surface area contributed by atoms with Gasteiger partial charge in [0, 0.05) is 27.0 Å². The van der Waals surface area contributed by atoms with Crippen molar-refractivity contribution in [3.63, 3.8) is 0 Å². The van der Waals surface area contributed by atoms with Gasteiger partial charge in [0.1, 0.15) is 0 Å². The highest BCUT2D eigenvalue weighted by Gasteiger charge is 2.30. The Morgan fingerprint density at radius 2 is 2.00 bits per heavy atom. The van der Waals surface area contributed by atoms with Crippen molar-refractivity contribution in [3.05, 3.63) is 49.6 Å². The van der Waals surface area contributed by atoms with E-state index < -0.39 is 11.7 Å². The van der Waals surface area contributed by atoms with E-state index >= 15 is 0 Å². The van der Waals surface area contributed by atoms with Crippen LogP contribution < -0.4 is 5.32 Å². The smallest absolute Gasteiger partial charge is 0.379 e. The SMILES string of the molecule is FC(F)(F)c1ccc(Br)c(NCc2cc(Cl)cs2)c1. The van der Waals surface area contributed by atoms with Crippen LogP contribution in [0.15, 0.2) is 34.1 Å². The van der Waals surface area contributed by atoms with Crippen molar-refractivity contribution in [1.29, 1.82) is 0 Å². The zero-order valence-corrected chi connectivity index (χ0v) is 12.6. The van der Waals surface area contributed by atoms with Gasteiger partial charge in [0.25, 0.3) is 0 Å². The second-order valence-electron chi connectivity index (χ2n) is 3.78. The molecule has 7 heteroatoms. The average Bonchev–Trinajstić information content (AvgIpc) is 2.72. The van der Waals surface area contributed by atoms with Crippen LogP contribution in [0.25, 0.3) is 0 Å². The fraction of sp³-hybridized carbons (Fsp3) is 0.167. The molecule has 0 amide bonds. The van der Waals surface area contributed by atoms with E-state index in [4.69, 9.17) is 11.6 Å². The van der Waals surface area contributed by atoms with E-state index in [1.54, 1.807) is 11.4 Å². The Balaban J connectivity index is 2.15. The number of anilines is 1. The van der Waals surface area contributed by atoms with Gasteiger partial charge in [0.05, 0.1) is 10.6 Å². The van der Waals surface area contributed by atoms with Gasteiger partial charge in [-0.15, -0.1) is 11.3 Å². The highest BCUT2D eigenvalue weighted by Crippen LogP contribution is 2.34. The molecule has 1 nitrogen and oxygen atoms in total. The van der Waals surface area contributed by atoms with Crippen molar-refractivity contribution in [2.45, 2.75) is 12.7 Å². The topological polar surface area (TPSA) is 12.0 Å². The summed E-state index contributed by atoms with van der Waals surface area (Å²) in [5.74, 6) is 0. The van der Waals surface area contributed by atoms with Crippen molar-refractivity contribution in [3.8, 4) is 0 Å². The van der Waals surface area contributed by atoms with Crippen LogP contribution in [0.3, 0.4) is 0 Å². The van der Waals surface area contributed by atoms with E-state index in [9.17, 15) is 13.2 Å². The van der Waals surface area contributed by atoms with Crippen LogP contribution in [0, 0.1) is 0 Å². The molecule has 0 fully saturated rings. The van der Waals surface area contributed by atoms with Gasteiger partial charge in [-0.05, 0) is 40.2 Å². The fourth-order valence-corrected chi connectivity index (χ4v) is 2.87. The predicted molar refractivity (Wildman–Crippen MR) is 75.8 cm³/mol. The van der Waals surface area contributed by atoms with E-state index in [0.29, 0.717) is 21.7 Å². The number of alkyl halides is 3. The Morgan fingerprint density at radius 3 is 2.58 bits per heavy atom. The van der Waals surface area contributed by atoms with Crippen molar-refractivity contribution in [2.75, 3.05) is 5.32 Å². The zero-order valence-electron chi connectivity index (χ0n) is 9.39. The van der Waals surface area contributed by atoms with Crippen LogP contribution >= 0.6 is 38.9 Å². The van der Waals surface area contributed by atoms with Gasteiger partial charge in [-0.1, -0.05) is 11.6 Å². The molecular formula is C12H8BrClF3NS. The average molecular weight is 371 g/mol. The Bertz CT molecular complexity index is 583. The summed E-state index contributed by atoms with van der Waals surface area (Å²) < 4.78 is 38.4. The fourth-order valence-electron chi connectivity index (χ4n) is 1.47. The van der Waals surface area contributed by atoms with Gasteiger partial charge in [0.2, 0.25) is 0 Å². The summed E-state index contributed by atoms with van der Waals surface area (Å²) in [4.78, 5) is 0.953. The molecule has 0 bridgehead atoms. The van der Waals surface area contributed by atoms with Gasteiger partial charge in [-0.3, -0.25) is 0 Å². The lowest BCUT2D eigenvalue weighted by molar-refractivity contribution is -0.137. The van der Waals surface area contributed by atoms with Crippen molar-refractivity contribution >= 4 is 44.6 Å². The van der Waals surface area contributed by atoms with Crippen LogP contribution in [-0.4, -0.2) is 0 Å². The van der Waals surface area contributed by atoms with Crippen LogP contribution in [-0.2, 0) is 12.7 Å². The summed E-state index contributed by atoms with van der Waals surface area (Å²) in [5.41, 5.74) is -0.276. The van der Waals surface area contributed by atoms with Gasteiger partial charge in [0.15, 0.2) is 0 Å². The quantitative estimate of drug-likeness (QED) is 0.720. The molecule has 1 aromatic heterocycles. The largest absolute Gasteiger partial charge is 0.416 e. The molecule has 2 rings (SSSR count). The summed E-state index contributed by atoms with van der Waals surface area (Å²) in [7, 11) is 0. The maximum atomic E-state index is 12.6. The summed E-state index contributed by atoms with van der Waals surface area (Å²) >= 11 is 10.5. The molecule has 19 heavy (non-hydrogen) atoms. The summed E-state index contributed by atoms with van der Waals surface area (Å²) in [6.07, 6.45) is -4.34. The Morgan fingerprint density at radius 1 is 1.26 bits per heavy atom. The van der Waals surface area contributed by atoms with Crippen molar-refractivity contribution in [2.24, 2.45) is 0 Å². The van der Waals surface area contributed by atoms with E-state index in [1.165, 1.54) is 17.4 Å². The number of nitrogens with one attached hydrogen (secondary N) is 1. The molecule has 2 aromatic rings. The summed E-state index contributed by atoms with van der Waals surface area (Å²) in [6.45, 7) is 0.428. The van der Waals surface area contributed by atoms with E-state index in [2.05, 4.69) is 21.2 Å². The number of halogens is 5. The van der Waals surface area contributed by atoms with Gasteiger partial charge in [-0.25, -0.2) is 0 Å². The second-order valence-corrected chi connectivity index (χ2v) is 6.06. The minimum Gasteiger partial charge on any atom is -0.379 e. The molecule has 0 aliphatic rings. The molecule has 0 saturated carbocycles. The molecule has 0 aliphatic carbocycles. The lowest BCUT2D eigenvalue weighted by Gasteiger charge is -2.12. The molecule has 1 aromatic carbocycles. The highest BCUT2D eigenvalue weighted by atomic mass is 79.9. The number of thiophene rings is 1. The van der Waals surface area contributed by atoms with Crippen LogP contribution in [0.4, 0.5) is 18.9 Å². The maximum absolute atomic E-state index is 12.6. The van der Waals surface area contributed by atoms with Crippen molar-refractivity contribution in [1.82, 2.24) is 0 Å². The minimum absolute atomic E-state index is 0.402. The Kier molecular flexibility index (Phi) is 4.43. The number of rotatable bonds is 3. The van der Waals surface area contributed by atoms with Crippen LogP contribution in [0.1, 0.15) is 10.4 Å². The molecule has 0 aliphatic heterocycles. The molecule has 1 heterocycles. The maximum Gasteiger partial charge on any atom is 0.416 e. The molecule has 0 atom stereocenters. The molecule has 0 saturated heterocycles. The molecular weight excluding hydrogens is 363 g/mol. The first-order valence-corrected chi connectivity index (χ1v) is 7.25. The lowest BCUT2D eigenvalue weighted by Crippen LogP contribution is -2.06. The van der Waals surface area contributed by atoms with Crippen LogP contribution in [0.5, 0.6) is 0 Å². The van der Waals surface area contributed by atoms with Crippen molar-refractivity contribution < 1.29 is 13.2 Å². The van der Waals surface area contributed by atoms with E-state index in [-0.39, 0.29) is 0 Å². The molecule has 0 unspecified atom stereocenters. The summed E-state index contributed by atoms with van der Waals surface area (Å²) in [6, 6.07) is 5.28. The summed E-state index contributed by atoms with van der Waals surface area (Å²) in [5, 5.41) is 5.37. The standard InChI is InChI=1S/C12H8BrClF3NS/c13-10-2-1-7(12(15,16)17)3-11(10)18-5-9-4-8(14)6-19-9/h1-4,6,18H,5H2. The molecule has 1 N–H and O–H groups in total. The van der Waals surface area contributed by atoms with E-state index in [0.717, 1.165) is 17.0 Å². The van der Waals surface area contributed by atoms with Gasteiger partial charge >= 0.3 is 6.18 Å².